The number of nitrogens with zero attached hydrogens (tertiary/aromatic N) is 2. The zero-order valence-electron chi connectivity index (χ0n) is 18.2. The molecule has 0 bridgehead atoms. The minimum atomic E-state index is -1.07. The number of Topliss-reactive ketones (excluding diaryl/α,β-unsaturated/α-hetero) is 1. The van der Waals surface area contributed by atoms with Gasteiger partial charge in [0.15, 0.2) is 5.78 Å². The van der Waals surface area contributed by atoms with E-state index in [1.54, 1.807) is 6.26 Å². The third-order valence-corrected chi connectivity index (χ3v) is 6.72. The molecule has 1 aliphatic heterocycles. The van der Waals surface area contributed by atoms with Gasteiger partial charge in [-0.25, -0.2) is 4.79 Å². The number of carbonyl (C=O) groups is 3. The van der Waals surface area contributed by atoms with Gasteiger partial charge in [-0.05, 0) is 62.4 Å². The van der Waals surface area contributed by atoms with E-state index in [1.807, 2.05) is 60.9 Å². The van der Waals surface area contributed by atoms with Crippen LogP contribution in [0.2, 0.25) is 0 Å². The third-order valence-electron chi connectivity index (χ3n) is 6.72. The van der Waals surface area contributed by atoms with Gasteiger partial charge < -0.3 is 14.3 Å². The Labute approximate surface area is 186 Å². The molecule has 3 heterocycles. The lowest BCUT2D eigenvalue weighted by Crippen LogP contribution is -2.46. The molecular weight excluding hydrogens is 406 g/mol. The van der Waals surface area contributed by atoms with E-state index in [2.05, 4.69) is 5.32 Å². The zero-order chi connectivity index (χ0) is 22.5. The first-order valence-corrected chi connectivity index (χ1v) is 10.9. The Hall–Kier alpha value is -3.61. The van der Waals surface area contributed by atoms with E-state index in [1.165, 1.54) is 0 Å². The Bertz CT molecular complexity index is 1220. The second kappa shape index (κ2) is 7.51. The number of aryl methyl sites for hydroxylation is 2. The number of hydrogen-bond acceptors (Lipinski definition) is 4. The van der Waals surface area contributed by atoms with Gasteiger partial charge >= 0.3 is 6.03 Å². The maximum atomic E-state index is 13.5. The van der Waals surface area contributed by atoms with Crippen molar-refractivity contribution in [3.63, 3.8) is 0 Å². The number of aromatic nitrogens is 1. The van der Waals surface area contributed by atoms with Crippen molar-refractivity contribution in [1.29, 1.82) is 0 Å². The van der Waals surface area contributed by atoms with E-state index in [0.29, 0.717) is 18.5 Å². The molecule has 2 aromatic heterocycles. The quantitative estimate of drug-likeness (QED) is 0.493. The minimum absolute atomic E-state index is 0.256. The van der Waals surface area contributed by atoms with Crippen LogP contribution in [0.1, 0.15) is 51.5 Å². The van der Waals surface area contributed by atoms with E-state index in [0.717, 1.165) is 46.0 Å². The van der Waals surface area contributed by atoms with Gasteiger partial charge in [0.2, 0.25) is 0 Å². The number of imide groups is 1. The van der Waals surface area contributed by atoms with Crippen molar-refractivity contribution < 1.29 is 18.8 Å². The van der Waals surface area contributed by atoms with Crippen LogP contribution in [0.5, 0.6) is 0 Å². The molecule has 1 aromatic carbocycles. The summed E-state index contributed by atoms with van der Waals surface area (Å²) in [6.45, 7) is 4.03. The van der Waals surface area contributed by atoms with E-state index in [9.17, 15) is 14.4 Å². The number of nitrogens with one attached hydrogen (secondary N) is 1. The summed E-state index contributed by atoms with van der Waals surface area (Å²) >= 11 is 0. The lowest BCUT2D eigenvalue weighted by molar-refractivity contribution is -0.131. The fourth-order valence-electron chi connectivity index (χ4n) is 5.07. The first-order chi connectivity index (χ1) is 15.4. The van der Waals surface area contributed by atoms with E-state index >= 15 is 0 Å². The smallest absolute Gasteiger partial charge is 0.325 e. The molecule has 164 valence electrons. The molecule has 32 heavy (non-hydrogen) atoms. The van der Waals surface area contributed by atoms with Gasteiger partial charge in [-0.15, -0.1) is 0 Å². The normalized spacial score (nSPS) is 20.0. The first kappa shape index (κ1) is 20.3. The van der Waals surface area contributed by atoms with Crippen LogP contribution in [0.15, 0.2) is 53.1 Å². The molecule has 1 fully saturated rings. The molecule has 3 amide bonds. The highest BCUT2D eigenvalue weighted by molar-refractivity contribution is 6.11. The number of furan rings is 1. The molecule has 1 spiro atoms. The molecule has 3 aromatic rings. The summed E-state index contributed by atoms with van der Waals surface area (Å²) in [5.41, 5.74) is 3.06. The Morgan fingerprint density at radius 1 is 1.16 bits per heavy atom. The van der Waals surface area contributed by atoms with E-state index in [4.69, 9.17) is 4.42 Å². The number of benzene rings is 1. The maximum absolute atomic E-state index is 13.5. The van der Waals surface area contributed by atoms with Gasteiger partial charge in [-0.1, -0.05) is 24.3 Å². The number of hydrogen-bond donors (Lipinski definition) is 1. The molecule has 7 nitrogen and oxygen atoms in total. The van der Waals surface area contributed by atoms with E-state index < -0.39 is 11.6 Å². The first-order valence-electron chi connectivity index (χ1n) is 10.9. The zero-order valence-corrected chi connectivity index (χ0v) is 18.2. The number of fused-ring (bicyclic) bond motifs is 2. The van der Waals surface area contributed by atoms with Gasteiger partial charge in [0, 0.05) is 17.0 Å². The summed E-state index contributed by atoms with van der Waals surface area (Å²) in [5, 5.41) is 2.91. The molecule has 0 saturated carbocycles. The fourth-order valence-corrected chi connectivity index (χ4v) is 5.07. The van der Waals surface area contributed by atoms with Crippen molar-refractivity contribution in [2.24, 2.45) is 0 Å². The molecule has 1 atom stereocenters. The Morgan fingerprint density at radius 2 is 1.97 bits per heavy atom. The third kappa shape index (κ3) is 3.07. The number of ketones is 1. The fraction of sp³-hybridized carbons (Fsp3) is 0.320. The van der Waals surface area contributed by atoms with Crippen LogP contribution in [0.4, 0.5) is 4.79 Å². The number of urea groups is 1. The molecule has 5 rings (SSSR count). The lowest BCUT2D eigenvalue weighted by atomic mass is 9.76. The van der Waals surface area contributed by atoms with Crippen LogP contribution in [0.3, 0.4) is 0 Å². The van der Waals surface area contributed by atoms with Crippen molar-refractivity contribution in [2.75, 3.05) is 6.54 Å². The van der Waals surface area contributed by atoms with Gasteiger partial charge in [-0.3, -0.25) is 14.5 Å². The summed E-state index contributed by atoms with van der Waals surface area (Å²) in [7, 11) is 0. The lowest BCUT2D eigenvalue weighted by Gasteiger charge is -2.33. The number of amides is 3. The Balaban J connectivity index is 1.40. The van der Waals surface area contributed by atoms with Gasteiger partial charge in [0.1, 0.15) is 11.3 Å². The Morgan fingerprint density at radius 3 is 2.75 bits per heavy atom. The number of carbonyl (C=O) groups excluding carboxylic acids is 3. The van der Waals surface area contributed by atoms with Crippen molar-refractivity contribution in [3.05, 3.63) is 82.6 Å². The van der Waals surface area contributed by atoms with Crippen molar-refractivity contribution in [2.45, 2.75) is 45.2 Å². The van der Waals surface area contributed by atoms with Gasteiger partial charge in [-0.2, -0.15) is 0 Å². The van der Waals surface area contributed by atoms with Crippen LogP contribution in [0, 0.1) is 13.8 Å². The Kier molecular flexibility index (Phi) is 4.77. The molecule has 2 aliphatic rings. The average molecular weight is 431 g/mol. The summed E-state index contributed by atoms with van der Waals surface area (Å²) in [5.74, 6) is 0.193. The summed E-state index contributed by atoms with van der Waals surface area (Å²) < 4.78 is 7.43. The van der Waals surface area contributed by atoms with Crippen molar-refractivity contribution in [1.82, 2.24) is 14.8 Å². The van der Waals surface area contributed by atoms with Gasteiger partial charge in [0.05, 0.1) is 19.4 Å². The second-order valence-corrected chi connectivity index (χ2v) is 8.61. The van der Waals surface area contributed by atoms with Crippen LogP contribution >= 0.6 is 0 Å². The monoisotopic (exact) mass is 431 g/mol. The predicted molar refractivity (Wildman–Crippen MR) is 117 cm³/mol. The summed E-state index contributed by atoms with van der Waals surface area (Å²) in [6.07, 6.45) is 3.84. The van der Waals surface area contributed by atoms with Crippen LogP contribution < -0.4 is 5.32 Å². The minimum Gasteiger partial charge on any atom is -0.467 e. The van der Waals surface area contributed by atoms with Crippen LogP contribution in [0.25, 0.3) is 0 Å². The molecule has 0 radical (unpaired) electrons. The highest BCUT2D eigenvalue weighted by Crippen LogP contribution is 2.40. The highest BCUT2D eigenvalue weighted by Gasteiger charge is 2.54. The van der Waals surface area contributed by atoms with Crippen LogP contribution in [-0.4, -0.2) is 33.7 Å². The second-order valence-electron chi connectivity index (χ2n) is 8.61. The summed E-state index contributed by atoms with van der Waals surface area (Å²) in [4.78, 5) is 40.6. The molecule has 0 unspecified atom stereocenters. The van der Waals surface area contributed by atoms with Gasteiger partial charge in [0.25, 0.3) is 5.91 Å². The molecule has 1 aliphatic carbocycles. The van der Waals surface area contributed by atoms with Crippen LogP contribution in [-0.2, 0) is 23.3 Å². The highest BCUT2D eigenvalue weighted by atomic mass is 16.3. The predicted octanol–water partition coefficient (Wildman–Crippen LogP) is 3.71. The standard InChI is InChI=1S/C25H25N3O4/c1-16-13-20(17(2)27(16)14-19-9-6-12-32-19)22(29)15-28-23(30)25(26-24(28)31)11-5-8-18-7-3-4-10-21(18)25/h3-4,6-7,9-10,12-13H,5,8,11,14-15H2,1-2H3,(H,26,31)/t25-/m0/s1. The van der Waals surface area contributed by atoms with Crippen molar-refractivity contribution in [3.8, 4) is 0 Å². The average Bonchev–Trinajstić information content (AvgIpc) is 3.46. The van der Waals surface area contributed by atoms with E-state index in [-0.39, 0.29) is 18.2 Å². The topological polar surface area (TPSA) is 84.5 Å². The number of rotatable bonds is 5. The molecule has 1 N–H and O–H groups in total. The molecule has 1 saturated heterocycles. The summed E-state index contributed by atoms with van der Waals surface area (Å²) in [6, 6.07) is 12.7. The molecular formula is C25H25N3O4. The SMILES string of the molecule is Cc1cc(C(=O)CN2C(=O)N[C@]3(CCCc4ccccc43)C2=O)c(C)n1Cc1ccco1. The maximum Gasteiger partial charge on any atom is 0.325 e. The molecule has 7 heteroatoms. The van der Waals surface area contributed by atoms with Crippen molar-refractivity contribution >= 4 is 17.7 Å². The largest absolute Gasteiger partial charge is 0.467 e.